The number of aryl methyl sites for hydroxylation is 1. The normalized spacial score (nSPS) is 12.4. The Morgan fingerprint density at radius 1 is 1.00 bits per heavy atom. The quantitative estimate of drug-likeness (QED) is 0.0727. The van der Waals surface area contributed by atoms with Crippen molar-refractivity contribution in [1.82, 2.24) is 10.3 Å². The molecule has 0 saturated heterocycles. The average molecular weight is 679 g/mol. The fourth-order valence-electron chi connectivity index (χ4n) is 4.58. The molecule has 10 nitrogen and oxygen atoms in total. The van der Waals surface area contributed by atoms with E-state index in [2.05, 4.69) is 15.6 Å². The molecule has 262 valence electrons. The zero-order valence-electron chi connectivity index (χ0n) is 28.3. The molecule has 1 fully saturated rings. The topological polar surface area (TPSA) is 142 Å². The number of ether oxygens (including phenoxy) is 3. The molecular weight excluding hydrogens is 634 g/mol. The van der Waals surface area contributed by atoms with E-state index in [-0.39, 0.29) is 23.9 Å². The maximum Gasteiger partial charge on any atom is 0.231 e. The molecule has 0 bridgehead atoms. The number of primary amides is 1. The lowest BCUT2D eigenvalue weighted by Gasteiger charge is -2.14. The Balaban J connectivity index is 0.000000276. The van der Waals surface area contributed by atoms with E-state index in [1.165, 1.54) is 18.2 Å². The van der Waals surface area contributed by atoms with E-state index < -0.39 is 17.1 Å². The highest BCUT2D eigenvalue weighted by molar-refractivity contribution is 6.01. The Morgan fingerprint density at radius 2 is 1.73 bits per heavy atom. The number of halogens is 2. The number of fused-ring (bicyclic) bond motifs is 1. The van der Waals surface area contributed by atoms with Crippen LogP contribution in [0.25, 0.3) is 10.9 Å². The smallest absolute Gasteiger partial charge is 0.231 e. The van der Waals surface area contributed by atoms with Gasteiger partial charge in [-0.25, -0.2) is 8.78 Å². The van der Waals surface area contributed by atoms with Gasteiger partial charge in [0, 0.05) is 36.8 Å². The molecular formula is C37H44F2N4O6. The zero-order valence-corrected chi connectivity index (χ0v) is 28.3. The molecule has 4 aromatic rings. The van der Waals surface area contributed by atoms with Gasteiger partial charge < -0.3 is 35.4 Å². The minimum atomic E-state index is -0.518. The summed E-state index contributed by atoms with van der Waals surface area (Å²) in [6, 6.07) is 16.2. The van der Waals surface area contributed by atoms with E-state index >= 15 is 0 Å². The fourth-order valence-corrected chi connectivity index (χ4v) is 4.58. The molecule has 1 heterocycles. The maximum absolute atomic E-state index is 14.2. The molecule has 49 heavy (non-hydrogen) atoms. The number of aromatic nitrogens is 1. The van der Waals surface area contributed by atoms with Crippen molar-refractivity contribution in [2.75, 3.05) is 39.2 Å². The summed E-state index contributed by atoms with van der Waals surface area (Å²) in [7, 11) is 3.34. The van der Waals surface area contributed by atoms with Crippen LogP contribution in [0.4, 0.5) is 14.5 Å². The summed E-state index contributed by atoms with van der Waals surface area (Å²) in [6.45, 7) is 4.88. The number of ketones is 1. The van der Waals surface area contributed by atoms with Gasteiger partial charge >= 0.3 is 0 Å². The number of rotatable bonds is 15. The van der Waals surface area contributed by atoms with Gasteiger partial charge in [0.15, 0.2) is 23.1 Å². The first-order chi connectivity index (χ1) is 23.5. The number of carbonyl (C=O) groups is 3. The first kappa shape index (κ1) is 38.3. The number of hydrogen-bond donors (Lipinski definition) is 3. The number of amides is 1. The lowest BCUT2D eigenvalue weighted by atomic mass is 10.00. The summed E-state index contributed by atoms with van der Waals surface area (Å²) in [5.74, 6) is 0.732. The van der Waals surface area contributed by atoms with Gasteiger partial charge in [0.25, 0.3) is 0 Å². The van der Waals surface area contributed by atoms with Gasteiger partial charge in [-0.2, -0.15) is 0 Å². The lowest BCUT2D eigenvalue weighted by molar-refractivity contribution is -0.129. The van der Waals surface area contributed by atoms with Gasteiger partial charge in [0.05, 0.1) is 31.2 Å². The van der Waals surface area contributed by atoms with E-state index in [1.54, 1.807) is 62.8 Å². The predicted molar refractivity (Wildman–Crippen MR) is 185 cm³/mol. The van der Waals surface area contributed by atoms with Crippen LogP contribution in [0, 0.1) is 24.0 Å². The molecule has 0 aliphatic heterocycles. The molecule has 1 aliphatic rings. The molecule has 1 aliphatic carbocycles. The minimum Gasteiger partial charge on any atom is -0.493 e. The number of nitrogens with one attached hydrogen (secondary N) is 2. The molecule has 12 heteroatoms. The second kappa shape index (κ2) is 19.0. The number of hydrogen-bond acceptors (Lipinski definition) is 9. The molecule has 0 atom stereocenters. The third-order valence-electron chi connectivity index (χ3n) is 7.53. The summed E-state index contributed by atoms with van der Waals surface area (Å²) < 4.78 is 43.5. The molecule has 1 aromatic heterocycles. The number of Topliss-reactive ketones (excluding diaryl/α,β-unsaturated/α-hetero) is 1. The van der Waals surface area contributed by atoms with Gasteiger partial charge in [-0.1, -0.05) is 13.0 Å². The molecule has 1 saturated carbocycles. The van der Waals surface area contributed by atoms with Crippen molar-refractivity contribution in [3.63, 3.8) is 0 Å². The monoisotopic (exact) mass is 678 g/mol. The van der Waals surface area contributed by atoms with E-state index in [0.717, 1.165) is 36.8 Å². The molecule has 5 rings (SSSR count). The molecule has 0 spiro atoms. The summed E-state index contributed by atoms with van der Waals surface area (Å²) in [5.41, 5.74) is 6.94. The molecule has 0 unspecified atom stereocenters. The Bertz CT molecular complexity index is 1700. The van der Waals surface area contributed by atoms with Gasteiger partial charge in [-0.15, -0.1) is 0 Å². The van der Waals surface area contributed by atoms with Crippen LogP contribution >= 0.6 is 0 Å². The van der Waals surface area contributed by atoms with Crippen LogP contribution in [0.2, 0.25) is 0 Å². The number of carbonyl (C=O) groups excluding carboxylic acids is 3. The van der Waals surface area contributed by atoms with Crippen molar-refractivity contribution in [2.45, 2.75) is 46.0 Å². The van der Waals surface area contributed by atoms with Crippen LogP contribution in [0.15, 0.2) is 66.9 Å². The molecule has 0 radical (unpaired) electrons. The van der Waals surface area contributed by atoms with Gasteiger partial charge in [-0.05, 0) is 93.2 Å². The molecule has 1 amide bonds. The van der Waals surface area contributed by atoms with E-state index in [4.69, 9.17) is 19.9 Å². The Morgan fingerprint density at radius 3 is 2.33 bits per heavy atom. The highest BCUT2D eigenvalue weighted by Gasteiger charge is 2.48. The van der Waals surface area contributed by atoms with E-state index in [0.29, 0.717) is 54.1 Å². The van der Waals surface area contributed by atoms with Crippen molar-refractivity contribution >= 4 is 34.6 Å². The van der Waals surface area contributed by atoms with Crippen LogP contribution in [0.3, 0.4) is 0 Å². The van der Waals surface area contributed by atoms with Crippen molar-refractivity contribution in [2.24, 2.45) is 11.1 Å². The third-order valence-corrected chi connectivity index (χ3v) is 7.53. The fraction of sp³-hybridized carbons (Fsp3) is 0.351. The number of anilines is 1. The third kappa shape index (κ3) is 11.8. The van der Waals surface area contributed by atoms with Crippen LogP contribution in [0.5, 0.6) is 23.0 Å². The Kier molecular flexibility index (Phi) is 14.9. The number of methoxy groups -OCH3 is 1. The Hall–Kier alpha value is -5.10. The number of nitrogens with two attached hydrogens (primary N) is 1. The standard InChI is InChI=1S/C22H24FN3O4.C8H12O2.C7H8FN/c1-14-4-5-19(16(23)10-14)30-18-6-8-26-17-12-20(28-2)21(11-15(17)18)29-9-3-7-25-13-22(24)27;1-2-3-7(10)8(6-9)4-5-8;1-9-7-4-2-6(8)3-5-7/h4-6,8,10-12,25H,3,7,9,13H2,1-2H3,(H2,24,27);6H,2-5H2,1H3;2-5,9H,1H3. The van der Waals surface area contributed by atoms with Crippen molar-refractivity contribution < 1.29 is 37.4 Å². The van der Waals surface area contributed by atoms with Crippen molar-refractivity contribution in [3.8, 4) is 23.0 Å². The van der Waals surface area contributed by atoms with Crippen LogP contribution in [-0.2, 0) is 14.4 Å². The summed E-state index contributed by atoms with van der Waals surface area (Å²) in [6.07, 6.45) is 6.08. The Labute approximate surface area is 285 Å². The van der Waals surface area contributed by atoms with Gasteiger partial charge in [-0.3, -0.25) is 14.6 Å². The van der Waals surface area contributed by atoms with E-state index in [1.807, 2.05) is 13.8 Å². The van der Waals surface area contributed by atoms with Gasteiger partial charge in [0.2, 0.25) is 5.91 Å². The highest BCUT2D eigenvalue weighted by atomic mass is 19.1. The number of pyridine rings is 1. The first-order valence-electron chi connectivity index (χ1n) is 16.0. The van der Waals surface area contributed by atoms with Crippen LogP contribution in [0.1, 0.15) is 44.6 Å². The second-order valence-corrected chi connectivity index (χ2v) is 11.4. The van der Waals surface area contributed by atoms with Crippen LogP contribution in [-0.4, -0.2) is 56.8 Å². The molecule has 4 N–H and O–H groups in total. The first-order valence-corrected chi connectivity index (χ1v) is 16.0. The lowest BCUT2D eigenvalue weighted by Crippen LogP contribution is -2.29. The number of nitrogens with zero attached hydrogens (tertiary/aromatic N) is 1. The predicted octanol–water partition coefficient (Wildman–Crippen LogP) is 6.53. The van der Waals surface area contributed by atoms with Gasteiger partial charge in [0.1, 0.15) is 23.6 Å². The summed E-state index contributed by atoms with van der Waals surface area (Å²) in [5, 5.41) is 6.48. The van der Waals surface area contributed by atoms with Crippen molar-refractivity contribution in [1.29, 1.82) is 0 Å². The highest BCUT2D eigenvalue weighted by Crippen LogP contribution is 2.45. The summed E-state index contributed by atoms with van der Waals surface area (Å²) >= 11 is 0. The van der Waals surface area contributed by atoms with Crippen LogP contribution < -0.4 is 30.6 Å². The van der Waals surface area contributed by atoms with Crippen molar-refractivity contribution in [3.05, 3.63) is 84.1 Å². The maximum atomic E-state index is 14.2. The molecule has 3 aromatic carbocycles. The summed E-state index contributed by atoms with van der Waals surface area (Å²) in [4.78, 5) is 36.6. The van der Waals surface area contributed by atoms with E-state index in [9.17, 15) is 23.2 Å². The largest absolute Gasteiger partial charge is 0.493 e. The second-order valence-electron chi connectivity index (χ2n) is 11.4. The number of aldehydes is 1. The minimum absolute atomic E-state index is 0.126. The number of benzene rings is 3. The zero-order chi connectivity index (χ0) is 35.8. The average Bonchev–Trinajstić information content (AvgIpc) is 3.90. The SMILES string of the molecule is CCCC(=O)C1(C=O)CC1.CNc1ccc(F)cc1.COc1cc2nccc(Oc3ccc(C)cc3F)c2cc1OCCCNCC(N)=O.